The molecular weight excluding hydrogens is 1190 g/mol. The zero-order chi connectivity index (χ0) is 66.8. The normalized spacial score (nSPS) is 14.9. The molecule has 0 rings (SSSR count). The minimum absolute atomic E-state index is 0.105. The van der Waals surface area contributed by atoms with Gasteiger partial charge in [0.05, 0.1) is 26.4 Å². The van der Waals surface area contributed by atoms with Gasteiger partial charge < -0.3 is 33.8 Å². The highest BCUT2D eigenvalue weighted by Crippen LogP contribution is 2.45. The van der Waals surface area contributed by atoms with Crippen molar-refractivity contribution in [1.29, 1.82) is 0 Å². The van der Waals surface area contributed by atoms with E-state index < -0.39 is 97.5 Å². The molecule has 0 aliphatic carbocycles. The lowest BCUT2D eigenvalue weighted by Gasteiger charge is -2.21. The highest BCUT2D eigenvalue weighted by Gasteiger charge is 2.30. The van der Waals surface area contributed by atoms with E-state index in [9.17, 15) is 43.2 Å². The van der Waals surface area contributed by atoms with E-state index in [1.165, 1.54) is 148 Å². The number of rotatable bonds is 68. The number of hydrogen-bond acceptors (Lipinski definition) is 15. The molecule has 0 saturated carbocycles. The van der Waals surface area contributed by atoms with Gasteiger partial charge in [-0.1, -0.05) is 299 Å². The molecule has 19 heteroatoms. The predicted octanol–water partition coefficient (Wildman–Crippen LogP) is 20.1. The van der Waals surface area contributed by atoms with E-state index in [4.69, 9.17) is 37.0 Å². The first kappa shape index (κ1) is 88.1. The highest BCUT2D eigenvalue weighted by molar-refractivity contribution is 7.47. The summed E-state index contributed by atoms with van der Waals surface area (Å²) in [6.07, 6.45) is 42.9. The van der Waals surface area contributed by atoms with Crippen LogP contribution in [0, 0.1) is 23.7 Å². The molecule has 0 spiro atoms. The zero-order valence-electron chi connectivity index (χ0n) is 58.8. The summed E-state index contributed by atoms with van der Waals surface area (Å²) >= 11 is 0. The number of hydrogen-bond donors (Lipinski definition) is 3. The Labute approximate surface area is 549 Å². The molecule has 0 radical (unpaired) electrons. The molecule has 17 nitrogen and oxygen atoms in total. The minimum atomic E-state index is -4.95. The molecule has 0 bridgehead atoms. The van der Waals surface area contributed by atoms with Crippen molar-refractivity contribution in [3.63, 3.8) is 0 Å². The molecule has 0 fully saturated rings. The molecule has 0 heterocycles. The fourth-order valence-corrected chi connectivity index (χ4v) is 12.2. The van der Waals surface area contributed by atoms with E-state index in [2.05, 4.69) is 55.4 Å². The first-order valence-corrected chi connectivity index (χ1v) is 39.8. The van der Waals surface area contributed by atoms with E-state index in [1.54, 1.807) is 0 Å². The number of aliphatic hydroxyl groups is 1. The van der Waals surface area contributed by atoms with Crippen molar-refractivity contribution in [2.24, 2.45) is 23.7 Å². The summed E-state index contributed by atoms with van der Waals surface area (Å²) in [5.74, 6) is 0.922. The summed E-state index contributed by atoms with van der Waals surface area (Å²) in [5, 5.41) is 10.6. The summed E-state index contributed by atoms with van der Waals surface area (Å²) in [7, 11) is -9.91. The van der Waals surface area contributed by atoms with Crippen molar-refractivity contribution in [3.8, 4) is 0 Å². The maximum atomic E-state index is 13.0. The fourth-order valence-electron chi connectivity index (χ4n) is 10.6. The molecule has 0 saturated heterocycles. The number of esters is 4. The van der Waals surface area contributed by atoms with E-state index in [0.717, 1.165) is 114 Å². The largest absolute Gasteiger partial charge is 0.472 e. The molecule has 534 valence electrons. The smallest absolute Gasteiger partial charge is 0.462 e. The van der Waals surface area contributed by atoms with Gasteiger partial charge in [-0.05, 0) is 49.4 Å². The molecule has 5 unspecified atom stereocenters. The number of phosphoric ester groups is 2. The highest BCUT2D eigenvalue weighted by atomic mass is 31.2. The Balaban J connectivity index is 5.27. The number of ether oxygens (including phenoxy) is 4. The molecule has 3 N–H and O–H groups in total. The zero-order valence-corrected chi connectivity index (χ0v) is 60.6. The van der Waals surface area contributed by atoms with Gasteiger partial charge in [0.25, 0.3) is 0 Å². The Bertz CT molecular complexity index is 1790. The predicted molar refractivity (Wildman–Crippen MR) is 363 cm³/mol. The monoisotopic (exact) mass is 1320 g/mol. The van der Waals surface area contributed by atoms with Crippen molar-refractivity contribution < 1.29 is 80.2 Å². The summed E-state index contributed by atoms with van der Waals surface area (Å²) in [5.41, 5.74) is 0. The molecule has 0 aromatic heterocycles. The summed E-state index contributed by atoms with van der Waals surface area (Å²) in [4.78, 5) is 72.6. The first-order chi connectivity index (χ1) is 43.2. The van der Waals surface area contributed by atoms with Crippen LogP contribution < -0.4 is 0 Å². The third-order valence-electron chi connectivity index (χ3n) is 17.0. The third-order valence-corrected chi connectivity index (χ3v) is 18.9. The van der Waals surface area contributed by atoms with Crippen molar-refractivity contribution in [3.05, 3.63) is 0 Å². The van der Waals surface area contributed by atoms with Crippen molar-refractivity contribution in [1.82, 2.24) is 0 Å². The Morgan fingerprint density at radius 3 is 0.789 bits per heavy atom. The van der Waals surface area contributed by atoms with Gasteiger partial charge >= 0.3 is 39.5 Å². The molecule has 0 aromatic carbocycles. The Hall–Kier alpha value is -1.94. The van der Waals surface area contributed by atoms with Gasteiger partial charge in [0, 0.05) is 25.7 Å². The molecule has 0 aromatic rings. The number of phosphoric acid groups is 2. The van der Waals surface area contributed by atoms with Crippen LogP contribution in [0.2, 0.25) is 0 Å². The van der Waals surface area contributed by atoms with E-state index in [-0.39, 0.29) is 25.7 Å². The standard InChI is InChI=1S/C71H138O17P2/c1-9-63(7)49-41-33-25-17-14-15-19-29-38-46-54-71(76)88-67(58-82-69(74)52-44-36-30-22-24-32-40-48-62(5)6)60-86-90(79,80)84-56-65(72)55-83-89(77,78)85-59-66(57-81-68(73)51-43-35-27-21-20-26-34-42-50-64(8)10-2)87-70(75)53-45-37-28-18-13-11-12-16-23-31-39-47-61(3)4/h61-67,72H,9-60H2,1-8H3,(H,77,78)(H,79,80)/t63?,64?,65?,66-,67-/m1/s1. The van der Waals surface area contributed by atoms with Crippen LogP contribution in [0.15, 0.2) is 0 Å². The minimum Gasteiger partial charge on any atom is -0.462 e. The van der Waals surface area contributed by atoms with Crippen LogP contribution in [0.1, 0.15) is 351 Å². The van der Waals surface area contributed by atoms with Crippen LogP contribution >= 0.6 is 15.6 Å². The first-order valence-electron chi connectivity index (χ1n) is 36.8. The fraction of sp³-hybridized carbons (Fsp3) is 0.944. The SMILES string of the molecule is CCC(C)CCCCCCCCCCCCC(=O)O[C@H](COC(=O)CCCCCCCCCC(C)C)COP(=O)(O)OCC(O)COP(=O)(O)OC[C@@H](COC(=O)CCCCCCCCCCC(C)CC)OC(=O)CCCCCCCCCCCCCC(C)C. The lowest BCUT2D eigenvalue weighted by atomic mass is 9.99. The molecular formula is C71H138O17P2. The molecule has 0 amide bonds. The van der Waals surface area contributed by atoms with Crippen LogP contribution in [0.4, 0.5) is 0 Å². The lowest BCUT2D eigenvalue weighted by molar-refractivity contribution is -0.161. The molecule has 0 aliphatic rings. The second kappa shape index (κ2) is 60.7. The maximum Gasteiger partial charge on any atom is 0.472 e. The average molecular weight is 1330 g/mol. The quantitative estimate of drug-likeness (QED) is 0.0222. The lowest BCUT2D eigenvalue weighted by Crippen LogP contribution is -2.30. The van der Waals surface area contributed by atoms with Crippen molar-refractivity contribution in [2.75, 3.05) is 39.6 Å². The van der Waals surface area contributed by atoms with Crippen LogP contribution in [-0.4, -0.2) is 96.7 Å². The average Bonchev–Trinajstić information content (AvgIpc) is 3.08. The van der Waals surface area contributed by atoms with E-state index in [0.29, 0.717) is 31.6 Å². The van der Waals surface area contributed by atoms with Gasteiger partial charge in [-0.3, -0.25) is 37.3 Å². The molecule has 90 heavy (non-hydrogen) atoms. The van der Waals surface area contributed by atoms with Crippen LogP contribution in [-0.2, 0) is 65.4 Å². The number of carbonyl (C=O) groups is 4. The van der Waals surface area contributed by atoms with Crippen LogP contribution in [0.3, 0.4) is 0 Å². The van der Waals surface area contributed by atoms with Gasteiger partial charge in [0.15, 0.2) is 12.2 Å². The number of aliphatic hydroxyl groups excluding tert-OH is 1. The Morgan fingerprint density at radius 2 is 0.533 bits per heavy atom. The summed E-state index contributed by atoms with van der Waals surface area (Å²) < 4.78 is 68.3. The molecule has 0 aliphatic heterocycles. The van der Waals surface area contributed by atoms with E-state index >= 15 is 0 Å². The summed E-state index contributed by atoms with van der Waals surface area (Å²) in [6.45, 7) is 14.1. The van der Waals surface area contributed by atoms with Crippen molar-refractivity contribution in [2.45, 2.75) is 369 Å². The van der Waals surface area contributed by atoms with Gasteiger partial charge in [0.1, 0.15) is 19.3 Å². The second-order valence-corrected chi connectivity index (χ2v) is 30.0. The van der Waals surface area contributed by atoms with Crippen molar-refractivity contribution >= 4 is 39.5 Å². The maximum absolute atomic E-state index is 13.0. The van der Waals surface area contributed by atoms with Crippen LogP contribution in [0.5, 0.6) is 0 Å². The third kappa shape index (κ3) is 62.2. The number of carbonyl (C=O) groups excluding carboxylic acids is 4. The van der Waals surface area contributed by atoms with E-state index in [1.807, 2.05) is 0 Å². The second-order valence-electron chi connectivity index (χ2n) is 27.1. The summed E-state index contributed by atoms with van der Waals surface area (Å²) in [6, 6.07) is 0. The Kier molecular flexibility index (Phi) is 59.4. The topological polar surface area (TPSA) is 237 Å². The van der Waals surface area contributed by atoms with Gasteiger partial charge in [0.2, 0.25) is 0 Å². The van der Waals surface area contributed by atoms with Gasteiger partial charge in [-0.15, -0.1) is 0 Å². The van der Waals surface area contributed by atoms with Crippen LogP contribution in [0.25, 0.3) is 0 Å². The Morgan fingerprint density at radius 1 is 0.311 bits per heavy atom. The number of unbranched alkanes of at least 4 members (excludes halogenated alkanes) is 32. The van der Waals surface area contributed by atoms with Gasteiger partial charge in [-0.2, -0.15) is 0 Å². The molecule has 7 atom stereocenters. The van der Waals surface area contributed by atoms with Gasteiger partial charge in [-0.25, -0.2) is 9.13 Å².